The van der Waals surface area contributed by atoms with Gasteiger partial charge in [0.1, 0.15) is 18.1 Å². The highest BCUT2D eigenvalue weighted by Gasteiger charge is 2.29. The highest BCUT2D eigenvalue weighted by molar-refractivity contribution is 5.92. The summed E-state index contributed by atoms with van der Waals surface area (Å²) >= 11 is 0. The third-order valence-corrected chi connectivity index (χ3v) is 4.07. The topological polar surface area (TPSA) is 142 Å². The lowest BCUT2D eigenvalue weighted by Crippen LogP contribution is -2.38. The number of aromatic nitrogens is 2. The minimum absolute atomic E-state index is 0.00651. The molecule has 0 saturated heterocycles. The van der Waals surface area contributed by atoms with Crippen molar-refractivity contribution in [1.82, 2.24) is 25.6 Å². The molecule has 0 fully saturated rings. The number of hydrogen-bond donors (Lipinski definition) is 5. The van der Waals surface area contributed by atoms with E-state index in [2.05, 4.69) is 20.6 Å². The number of nitrogens with zero attached hydrogens (tertiary/aromatic N) is 2. The van der Waals surface area contributed by atoms with E-state index in [9.17, 15) is 35.9 Å². The third-order valence-electron chi connectivity index (χ3n) is 4.07. The van der Waals surface area contributed by atoms with Crippen LogP contribution in [0.4, 0.5) is 26.3 Å². The molecule has 1 aromatic carbocycles. The van der Waals surface area contributed by atoms with Crippen LogP contribution in [-0.4, -0.2) is 45.7 Å². The molecule has 0 aliphatic carbocycles. The maximum atomic E-state index is 12.3. The Morgan fingerprint density at radius 1 is 1.09 bits per heavy atom. The zero-order valence-corrected chi connectivity index (χ0v) is 17.0. The number of hydrogen-bond acceptors (Lipinski definition) is 6. The number of carbonyl (C=O) groups is 2. The van der Waals surface area contributed by atoms with Gasteiger partial charge in [-0.2, -0.15) is 26.3 Å². The highest BCUT2D eigenvalue weighted by Crippen LogP contribution is 2.21. The first-order valence-electron chi connectivity index (χ1n) is 9.36. The number of halogens is 6. The molecule has 7 N–H and O–H groups in total. The normalized spacial score (nSPS) is 12.6. The van der Waals surface area contributed by atoms with E-state index in [1.54, 1.807) is 18.2 Å². The van der Waals surface area contributed by atoms with Gasteiger partial charge in [0.2, 0.25) is 5.91 Å². The molecule has 0 bridgehead atoms. The minimum atomic E-state index is -4.57. The van der Waals surface area contributed by atoms with Crippen LogP contribution in [0.3, 0.4) is 0 Å². The predicted molar refractivity (Wildman–Crippen MR) is 104 cm³/mol. The molecule has 15 heteroatoms. The van der Waals surface area contributed by atoms with Crippen molar-refractivity contribution >= 4 is 22.8 Å². The molecule has 9 nitrogen and oxygen atoms in total. The van der Waals surface area contributed by atoms with Crippen molar-refractivity contribution in [2.24, 2.45) is 11.6 Å². The summed E-state index contributed by atoms with van der Waals surface area (Å²) in [5, 5.41) is 5.00. The molecule has 0 spiro atoms. The van der Waals surface area contributed by atoms with Crippen LogP contribution in [0.15, 0.2) is 30.1 Å². The van der Waals surface area contributed by atoms with E-state index >= 15 is 0 Å². The number of fused-ring (bicyclic) bond motifs is 1. The lowest BCUT2D eigenvalue weighted by Gasteiger charge is -2.16. The number of benzene rings is 1. The maximum absolute atomic E-state index is 12.3. The first kappa shape index (κ1) is 25.8. The fourth-order valence-electron chi connectivity index (χ4n) is 2.60. The monoisotopic (exact) mass is 481 g/mol. The van der Waals surface area contributed by atoms with Crippen LogP contribution in [-0.2, 0) is 22.7 Å². The number of aromatic amines is 1. The van der Waals surface area contributed by atoms with E-state index in [-0.39, 0.29) is 18.1 Å². The molecule has 182 valence electrons. The molecule has 0 aliphatic rings. The highest BCUT2D eigenvalue weighted by atomic mass is 19.4. The summed E-state index contributed by atoms with van der Waals surface area (Å²) in [6, 6.07) is 4.84. The molecule has 0 radical (unpaired) electrons. The standard InChI is InChI=1S/C18H21F6N7O2/c19-17(20,21)4-3-15(32)27-6-10-1-2-12-13(5-10)30-14(29-12)7-28-16(33)11(25)8-31(26)9-18(22,23)24/h1-2,5,8H,3-4,6-7,9,25-26H2,(H,27,32)(H,28,33)(H,29,30)/b11-8-. The van der Waals surface area contributed by atoms with Crippen LogP contribution in [0.2, 0.25) is 0 Å². The quantitative estimate of drug-likeness (QED) is 0.160. The maximum Gasteiger partial charge on any atom is 0.407 e. The van der Waals surface area contributed by atoms with Crippen molar-refractivity contribution in [3.8, 4) is 0 Å². The number of nitrogens with one attached hydrogen (secondary N) is 3. The van der Waals surface area contributed by atoms with Crippen LogP contribution >= 0.6 is 0 Å². The third kappa shape index (κ3) is 9.26. The summed E-state index contributed by atoms with van der Waals surface area (Å²) in [5.41, 5.74) is 6.53. The average Bonchev–Trinajstić information content (AvgIpc) is 3.08. The largest absolute Gasteiger partial charge is 0.407 e. The number of nitrogens with two attached hydrogens (primary N) is 2. The van der Waals surface area contributed by atoms with E-state index < -0.39 is 49.3 Å². The van der Waals surface area contributed by atoms with Gasteiger partial charge in [0, 0.05) is 19.2 Å². The lowest BCUT2D eigenvalue weighted by molar-refractivity contribution is -0.144. The molecular formula is C18H21F6N7O2. The van der Waals surface area contributed by atoms with E-state index in [1.807, 2.05) is 0 Å². The van der Waals surface area contributed by atoms with Crippen LogP contribution in [0.25, 0.3) is 11.0 Å². The van der Waals surface area contributed by atoms with Gasteiger partial charge in [-0.3, -0.25) is 9.59 Å². The smallest absolute Gasteiger partial charge is 0.393 e. The number of alkyl halides is 6. The number of H-pyrrole nitrogens is 1. The number of imidazole rings is 1. The van der Waals surface area contributed by atoms with Gasteiger partial charge in [0.05, 0.1) is 24.0 Å². The Labute approximate surface area is 183 Å². The van der Waals surface area contributed by atoms with Crippen LogP contribution < -0.4 is 22.2 Å². The van der Waals surface area contributed by atoms with Crippen molar-refractivity contribution < 1.29 is 35.9 Å². The Kier molecular flexibility index (Phi) is 8.13. The second-order valence-electron chi connectivity index (χ2n) is 6.98. The zero-order chi connectivity index (χ0) is 24.8. The number of rotatable bonds is 9. The molecule has 0 unspecified atom stereocenters. The summed E-state index contributed by atoms with van der Waals surface area (Å²) in [6.45, 7) is -1.61. The van der Waals surface area contributed by atoms with E-state index in [1.165, 1.54) is 0 Å². The molecule has 0 atom stereocenters. The SMILES string of the molecule is N/C(=C\N(N)CC(F)(F)F)C(=O)NCc1nc2ccc(CNC(=O)CCC(F)(F)F)cc2[nH]1. The van der Waals surface area contributed by atoms with Gasteiger partial charge in [0.15, 0.2) is 0 Å². The Balaban J connectivity index is 1.91. The molecular weight excluding hydrogens is 460 g/mol. The van der Waals surface area contributed by atoms with Gasteiger partial charge in [-0.25, -0.2) is 10.8 Å². The van der Waals surface area contributed by atoms with Gasteiger partial charge in [-0.15, -0.1) is 0 Å². The Hall–Kier alpha value is -3.49. The molecule has 2 rings (SSSR count). The number of hydrazine groups is 1. The molecule has 1 aromatic heterocycles. The van der Waals surface area contributed by atoms with Crippen LogP contribution in [0.5, 0.6) is 0 Å². The fourth-order valence-corrected chi connectivity index (χ4v) is 2.60. The Bertz CT molecular complexity index is 1020. The Morgan fingerprint density at radius 2 is 1.79 bits per heavy atom. The van der Waals surface area contributed by atoms with E-state index in [4.69, 9.17) is 11.6 Å². The second kappa shape index (κ2) is 10.4. The summed E-state index contributed by atoms with van der Waals surface area (Å²) in [6.07, 6.45) is -10.2. The lowest BCUT2D eigenvalue weighted by atomic mass is 10.2. The minimum Gasteiger partial charge on any atom is -0.393 e. The first-order valence-corrected chi connectivity index (χ1v) is 9.36. The van der Waals surface area contributed by atoms with Gasteiger partial charge >= 0.3 is 12.4 Å². The van der Waals surface area contributed by atoms with Crippen molar-refractivity contribution in [3.63, 3.8) is 0 Å². The Morgan fingerprint density at radius 3 is 2.42 bits per heavy atom. The van der Waals surface area contributed by atoms with Crippen LogP contribution in [0.1, 0.15) is 24.2 Å². The predicted octanol–water partition coefficient (Wildman–Crippen LogP) is 1.68. The van der Waals surface area contributed by atoms with Gasteiger partial charge < -0.3 is 26.4 Å². The number of amides is 2. The molecule has 33 heavy (non-hydrogen) atoms. The molecule has 0 aliphatic heterocycles. The summed E-state index contributed by atoms with van der Waals surface area (Å²) < 4.78 is 73.2. The van der Waals surface area contributed by atoms with Gasteiger partial charge in [-0.1, -0.05) is 6.07 Å². The van der Waals surface area contributed by atoms with Crippen molar-refractivity contribution in [1.29, 1.82) is 0 Å². The number of carbonyl (C=O) groups excluding carboxylic acids is 2. The van der Waals surface area contributed by atoms with Crippen molar-refractivity contribution in [2.75, 3.05) is 6.54 Å². The molecule has 0 saturated carbocycles. The fraction of sp³-hybridized carbons (Fsp3) is 0.389. The molecule has 2 aromatic rings. The zero-order valence-electron chi connectivity index (χ0n) is 17.0. The summed E-state index contributed by atoms with van der Waals surface area (Å²) in [7, 11) is 0. The molecule has 2 amide bonds. The summed E-state index contributed by atoms with van der Waals surface area (Å²) in [5.74, 6) is 3.83. The van der Waals surface area contributed by atoms with E-state index in [0.717, 1.165) is 0 Å². The van der Waals surface area contributed by atoms with Crippen LogP contribution in [0, 0.1) is 0 Å². The van der Waals surface area contributed by atoms with E-state index in [0.29, 0.717) is 28.6 Å². The van der Waals surface area contributed by atoms with Gasteiger partial charge in [-0.05, 0) is 17.7 Å². The van der Waals surface area contributed by atoms with Crippen molar-refractivity contribution in [3.05, 3.63) is 41.5 Å². The van der Waals surface area contributed by atoms with Crippen molar-refractivity contribution in [2.45, 2.75) is 38.3 Å². The average molecular weight is 481 g/mol. The first-order chi connectivity index (χ1) is 15.2. The summed E-state index contributed by atoms with van der Waals surface area (Å²) in [4.78, 5) is 30.6. The van der Waals surface area contributed by atoms with Gasteiger partial charge in [0.25, 0.3) is 5.91 Å². The second-order valence-corrected chi connectivity index (χ2v) is 6.98. The molecule has 1 heterocycles.